The lowest BCUT2D eigenvalue weighted by Gasteiger charge is -2.25. The molecule has 0 aromatic heterocycles. The fourth-order valence-corrected chi connectivity index (χ4v) is 2.71. The summed E-state index contributed by atoms with van der Waals surface area (Å²) in [7, 11) is 0. The molecule has 0 N–H and O–H groups in total. The minimum Gasteiger partial charge on any atom is -0.455 e. The second-order valence-electron chi connectivity index (χ2n) is 5.32. The summed E-state index contributed by atoms with van der Waals surface area (Å²) >= 11 is 0. The third-order valence-electron chi connectivity index (χ3n) is 3.83. The van der Waals surface area contributed by atoms with E-state index in [1.807, 2.05) is 30.3 Å². The Balaban J connectivity index is 1.66. The van der Waals surface area contributed by atoms with Crippen molar-refractivity contribution in [3.05, 3.63) is 83.9 Å². The van der Waals surface area contributed by atoms with Crippen molar-refractivity contribution in [2.75, 3.05) is 0 Å². The Morgan fingerprint density at radius 3 is 2.33 bits per heavy atom. The molecule has 0 radical (unpaired) electrons. The predicted molar refractivity (Wildman–Crippen MR) is 83.2 cm³/mol. The largest absolute Gasteiger partial charge is 0.455 e. The van der Waals surface area contributed by atoms with Crippen molar-refractivity contribution >= 4 is 5.97 Å². The predicted octanol–water partition coefficient (Wildman–Crippen LogP) is 4.35. The van der Waals surface area contributed by atoms with Crippen molar-refractivity contribution in [3.8, 4) is 0 Å². The highest BCUT2D eigenvalue weighted by Crippen LogP contribution is 2.30. The fraction of sp³-hybridized carbons (Fsp3) is 0.211. The normalized spacial score (nSPS) is 21.0. The van der Waals surface area contributed by atoms with Gasteiger partial charge in [-0.15, -0.1) is 0 Å². The number of rotatable bonds is 3. The summed E-state index contributed by atoms with van der Waals surface area (Å²) in [5.41, 5.74) is 1.91. The Kier molecular flexibility index (Phi) is 4.15. The van der Waals surface area contributed by atoms with Crippen molar-refractivity contribution in [1.82, 2.24) is 0 Å². The van der Waals surface area contributed by atoms with E-state index in [1.54, 1.807) is 12.1 Å². The molecule has 0 saturated carbocycles. The Morgan fingerprint density at radius 2 is 1.62 bits per heavy atom. The smallest absolute Gasteiger partial charge is 0.338 e. The van der Waals surface area contributed by atoms with E-state index in [9.17, 15) is 4.79 Å². The lowest BCUT2D eigenvalue weighted by Crippen LogP contribution is -2.21. The molecule has 21 heavy (non-hydrogen) atoms. The van der Waals surface area contributed by atoms with Crippen LogP contribution in [-0.2, 0) is 4.74 Å². The number of hydrogen-bond donors (Lipinski definition) is 0. The van der Waals surface area contributed by atoms with Crippen molar-refractivity contribution in [1.29, 1.82) is 0 Å². The molecule has 0 fully saturated rings. The van der Waals surface area contributed by atoms with Crippen LogP contribution in [0.1, 0.15) is 34.7 Å². The molecule has 2 atom stereocenters. The van der Waals surface area contributed by atoms with Gasteiger partial charge in [-0.05, 0) is 42.5 Å². The Hall–Kier alpha value is -2.35. The van der Waals surface area contributed by atoms with Gasteiger partial charge in [0.25, 0.3) is 0 Å². The summed E-state index contributed by atoms with van der Waals surface area (Å²) in [6.45, 7) is 0. The van der Waals surface area contributed by atoms with Crippen molar-refractivity contribution in [2.24, 2.45) is 0 Å². The summed E-state index contributed by atoms with van der Waals surface area (Å²) in [4.78, 5) is 12.1. The average molecular weight is 278 g/mol. The highest BCUT2D eigenvalue weighted by molar-refractivity contribution is 5.89. The van der Waals surface area contributed by atoms with Crippen LogP contribution in [0.5, 0.6) is 0 Å². The van der Waals surface area contributed by atoms with Gasteiger partial charge in [-0.25, -0.2) is 4.79 Å². The molecule has 0 spiro atoms. The topological polar surface area (TPSA) is 26.3 Å². The van der Waals surface area contributed by atoms with E-state index in [0.717, 1.165) is 12.8 Å². The summed E-state index contributed by atoms with van der Waals surface area (Å²) in [6.07, 6.45) is 5.82. The zero-order valence-electron chi connectivity index (χ0n) is 11.8. The number of benzene rings is 2. The lowest BCUT2D eigenvalue weighted by molar-refractivity contribution is 0.0359. The summed E-state index contributed by atoms with van der Waals surface area (Å²) in [5.74, 6) is 0.170. The average Bonchev–Trinajstić information content (AvgIpc) is 2.57. The molecule has 2 aromatic carbocycles. The van der Waals surface area contributed by atoms with Crippen molar-refractivity contribution in [2.45, 2.75) is 24.9 Å². The van der Waals surface area contributed by atoms with Crippen LogP contribution in [0.25, 0.3) is 0 Å². The van der Waals surface area contributed by atoms with Gasteiger partial charge >= 0.3 is 5.97 Å². The molecule has 0 heterocycles. The second-order valence-corrected chi connectivity index (χ2v) is 5.32. The molecule has 2 aromatic rings. The van der Waals surface area contributed by atoms with Gasteiger partial charge in [-0.2, -0.15) is 0 Å². The minimum absolute atomic E-state index is 0.142. The first-order chi connectivity index (χ1) is 10.3. The molecule has 0 unspecified atom stereocenters. The quantitative estimate of drug-likeness (QED) is 0.616. The highest BCUT2D eigenvalue weighted by Gasteiger charge is 2.22. The van der Waals surface area contributed by atoms with Gasteiger partial charge < -0.3 is 4.74 Å². The van der Waals surface area contributed by atoms with Crippen LogP contribution in [0.15, 0.2) is 72.8 Å². The Bertz CT molecular complexity index is 617. The van der Waals surface area contributed by atoms with Crippen LogP contribution in [0.3, 0.4) is 0 Å². The van der Waals surface area contributed by atoms with Crippen molar-refractivity contribution < 1.29 is 9.53 Å². The number of carbonyl (C=O) groups is 1. The third kappa shape index (κ3) is 3.40. The van der Waals surface area contributed by atoms with Gasteiger partial charge in [0, 0.05) is 0 Å². The van der Waals surface area contributed by atoms with Crippen LogP contribution in [0.4, 0.5) is 0 Å². The zero-order chi connectivity index (χ0) is 14.5. The van der Waals surface area contributed by atoms with Gasteiger partial charge in [0.2, 0.25) is 0 Å². The number of ether oxygens (including phenoxy) is 1. The molecule has 0 bridgehead atoms. The Morgan fingerprint density at radius 1 is 0.952 bits per heavy atom. The van der Waals surface area contributed by atoms with E-state index in [4.69, 9.17) is 4.74 Å². The zero-order valence-corrected chi connectivity index (χ0v) is 11.8. The van der Waals surface area contributed by atoms with E-state index in [1.165, 1.54) is 5.56 Å². The van der Waals surface area contributed by atoms with Gasteiger partial charge in [-0.3, -0.25) is 0 Å². The number of hydrogen-bond acceptors (Lipinski definition) is 2. The van der Waals surface area contributed by atoms with E-state index < -0.39 is 0 Å². The maximum absolute atomic E-state index is 12.1. The number of allylic oxidation sites excluding steroid dienone is 1. The monoisotopic (exact) mass is 278 g/mol. The molecule has 106 valence electrons. The fourth-order valence-electron chi connectivity index (χ4n) is 2.71. The Labute approximate surface area is 125 Å². The van der Waals surface area contributed by atoms with E-state index in [2.05, 4.69) is 30.3 Å². The van der Waals surface area contributed by atoms with Gasteiger partial charge in [-0.1, -0.05) is 54.6 Å². The molecule has 2 nitrogen and oxygen atoms in total. The van der Waals surface area contributed by atoms with Crippen LogP contribution in [-0.4, -0.2) is 12.1 Å². The number of esters is 1. The molecule has 1 aliphatic carbocycles. The maximum atomic E-state index is 12.1. The van der Waals surface area contributed by atoms with Crippen LogP contribution >= 0.6 is 0 Å². The lowest BCUT2D eigenvalue weighted by atomic mass is 9.86. The standard InChI is InChI=1S/C19H18O2/c20-19(16-10-5-2-6-11-16)21-18-13-7-12-17(14-18)15-8-3-1-4-9-15/h1-11,13,17-18H,12,14H2/t17-,18+/m1/s1. The molecular weight excluding hydrogens is 260 g/mol. The first kappa shape index (κ1) is 13.6. The van der Waals surface area contributed by atoms with E-state index in [0.29, 0.717) is 11.5 Å². The van der Waals surface area contributed by atoms with E-state index >= 15 is 0 Å². The van der Waals surface area contributed by atoms with Gasteiger partial charge in [0.05, 0.1) is 5.56 Å². The van der Waals surface area contributed by atoms with E-state index in [-0.39, 0.29) is 12.1 Å². The molecule has 0 amide bonds. The molecule has 2 heteroatoms. The molecule has 1 aliphatic rings. The first-order valence-electron chi connectivity index (χ1n) is 7.30. The van der Waals surface area contributed by atoms with Crippen molar-refractivity contribution in [3.63, 3.8) is 0 Å². The summed E-state index contributed by atoms with van der Waals surface area (Å²) in [5, 5.41) is 0. The maximum Gasteiger partial charge on any atom is 0.338 e. The SMILES string of the molecule is O=C(O[C@H]1C=CC[C@@H](c2ccccc2)C1)c1ccccc1. The van der Waals surface area contributed by atoms with Crippen LogP contribution < -0.4 is 0 Å². The van der Waals surface area contributed by atoms with Crippen LogP contribution in [0, 0.1) is 0 Å². The molecular formula is C19H18O2. The molecule has 0 aliphatic heterocycles. The second kappa shape index (κ2) is 6.40. The highest BCUT2D eigenvalue weighted by atomic mass is 16.5. The molecule has 3 rings (SSSR count). The number of carbonyl (C=O) groups excluding carboxylic acids is 1. The first-order valence-corrected chi connectivity index (χ1v) is 7.30. The summed E-state index contributed by atoms with van der Waals surface area (Å²) < 4.78 is 5.60. The van der Waals surface area contributed by atoms with Gasteiger partial charge in [0.15, 0.2) is 0 Å². The van der Waals surface area contributed by atoms with Gasteiger partial charge in [0.1, 0.15) is 6.10 Å². The van der Waals surface area contributed by atoms with Crippen LogP contribution in [0.2, 0.25) is 0 Å². The summed E-state index contributed by atoms with van der Waals surface area (Å²) in [6, 6.07) is 19.6. The molecule has 0 saturated heterocycles. The minimum atomic E-state index is -0.251. The third-order valence-corrected chi connectivity index (χ3v) is 3.83.